The molecule has 5 heteroatoms. The summed E-state index contributed by atoms with van der Waals surface area (Å²) in [7, 11) is 0. The molecule has 0 aromatic rings. The second kappa shape index (κ2) is 7.73. The fraction of sp³-hybridized carbons (Fsp3) is 0.636. The van der Waals surface area contributed by atoms with Gasteiger partial charge in [-0.25, -0.2) is 9.59 Å². The predicted octanol–water partition coefficient (Wildman–Crippen LogP) is 1.63. The van der Waals surface area contributed by atoms with Crippen LogP contribution < -0.4 is 5.32 Å². The highest BCUT2D eigenvalue weighted by atomic mass is 16.6. The quantitative estimate of drug-likeness (QED) is 0.555. The van der Waals surface area contributed by atoms with E-state index in [1.165, 1.54) is 0 Å². The highest BCUT2D eigenvalue weighted by Gasteiger charge is 2.15. The van der Waals surface area contributed by atoms with E-state index in [0.29, 0.717) is 18.5 Å². The molecule has 0 aromatic heterocycles. The molecular formula is C11H19NO4. The zero-order valence-electron chi connectivity index (χ0n) is 10.0. The Kier molecular flexibility index (Phi) is 7.00. The van der Waals surface area contributed by atoms with Crippen LogP contribution in [0, 0.1) is 0 Å². The molecule has 0 saturated carbocycles. The van der Waals surface area contributed by atoms with Gasteiger partial charge in [0.1, 0.15) is 12.7 Å². The molecule has 1 atom stereocenters. The van der Waals surface area contributed by atoms with Crippen molar-refractivity contribution in [2.45, 2.75) is 33.3 Å². The van der Waals surface area contributed by atoms with Crippen LogP contribution in [0.5, 0.6) is 0 Å². The van der Waals surface area contributed by atoms with E-state index in [2.05, 4.69) is 11.9 Å². The SMILES string of the molecule is C=C(C)C(=O)OC(CC)COC(=O)NCC. The smallest absolute Gasteiger partial charge is 0.407 e. The summed E-state index contributed by atoms with van der Waals surface area (Å²) in [5.74, 6) is -0.466. The summed E-state index contributed by atoms with van der Waals surface area (Å²) in [5, 5.41) is 2.48. The molecule has 1 unspecified atom stereocenters. The van der Waals surface area contributed by atoms with Crippen LogP contribution in [-0.2, 0) is 14.3 Å². The number of nitrogens with one attached hydrogen (secondary N) is 1. The van der Waals surface area contributed by atoms with Crippen molar-refractivity contribution in [2.24, 2.45) is 0 Å². The van der Waals surface area contributed by atoms with Crippen LogP contribution in [0.3, 0.4) is 0 Å². The van der Waals surface area contributed by atoms with Gasteiger partial charge in [0.25, 0.3) is 0 Å². The summed E-state index contributed by atoms with van der Waals surface area (Å²) in [4.78, 5) is 22.2. The fourth-order valence-corrected chi connectivity index (χ4v) is 0.851. The van der Waals surface area contributed by atoms with Gasteiger partial charge >= 0.3 is 12.1 Å². The van der Waals surface area contributed by atoms with Gasteiger partial charge in [-0.05, 0) is 20.3 Å². The number of carbonyl (C=O) groups excluding carboxylic acids is 2. The zero-order chi connectivity index (χ0) is 12.6. The van der Waals surface area contributed by atoms with E-state index in [1.807, 2.05) is 6.92 Å². The van der Waals surface area contributed by atoms with Gasteiger partial charge in [0.2, 0.25) is 0 Å². The van der Waals surface area contributed by atoms with Crippen LogP contribution >= 0.6 is 0 Å². The van der Waals surface area contributed by atoms with Crippen molar-refractivity contribution in [2.75, 3.05) is 13.2 Å². The van der Waals surface area contributed by atoms with Crippen molar-refractivity contribution in [3.05, 3.63) is 12.2 Å². The molecule has 0 aliphatic carbocycles. The minimum atomic E-state index is -0.507. The lowest BCUT2D eigenvalue weighted by molar-refractivity contribution is -0.146. The number of amides is 1. The Morgan fingerprint density at radius 1 is 1.38 bits per heavy atom. The third kappa shape index (κ3) is 6.06. The molecule has 92 valence electrons. The first-order valence-corrected chi connectivity index (χ1v) is 5.28. The first kappa shape index (κ1) is 14.5. The molecule has 0 fully saturated rings. The zero-order valence-corrected chi connectivity index (χ0v) is 10.0. The van der Waals surface area contributed by atoms with Gasteiger partial charge < -0.3 is 14.8 Å². The number of ether oxygens (including phenoxy) is 2. The van der Waals surface area contributed by atoms with Crippen molar-refractivity contribution >= 4 is 12.1 Å². The van der Waals surface area contributed by atoms with Crippen molar-refractivity contribution in [1.29, 1.82) is 0 Å². The third-order valence-electron chi connectivity index (χ3n) is 1.80. The van der Waals surface area contributed by atoms with E-state index in [1.54, 1.807) is 13.8 Å². The lowest BCUT2D eigenvalue weighted by Crippen LogP contribution is -2.30. The summed E-state index contributed by atoms with van der Waals surface area (Å²) in [6, 6.07) is 0. The topological polar surface area (TPSA) is 64.6 Å². The molecule has 0 heterocycles. The second-order valence-electron chi connectivity index (χ2n) is 3.34. The van der Waals surface area contributed by atoms with Crippen LogP contribution in [0.25, 0.3) is 0 Å². The number of alkyl carbamates (subject to hydrolysis) is 1. The summed E-state index contributed by atoms with van der Waals surface area (Å²) in [5.41, 5.74) is 0.330. The van der Waals surface area contributed by atoms with Gasteiger partial charge in [-0.3, -0.25) is 0 Å². The molecule has 0 bridgehead atoms. The van der Waals surface area contributed by atoms with E-state index in [-0.39, 0.29) is 6.61 Å². The molecule has 1 N–H and O–H groups in total. The monoisotopic (exact) mass is 229 g/mol. The minimum Gasteiger partial charge on any atom is -0.455 e. The van der Waals surface area contributed by atoms with Crippen molar-refractivity contribution in [1.82, 2.24) is 5.32 Å². The maximum atomic E-state index is 11.2. The Labute approximate surface area is 95.8 Å². The molecule has 0 radical (unpaired) electrons. The number of hydrogen-bond acceptors (Lipinski definition) is 4. The molecule has 0 aromatic carbocycles. The largest absolute Gasteiger partial charge is 0.455 e. The van der Waals surface area contributed by atoms with E-state index < -0.39 is 18.2 Å². The summed E-state index contributed by atoms with van der Waals surface area (Å²) >= 11 is 0. The Hall–Kier alpha value is -1.52. The van der Waals surface area contributed by atoms with Crippen LogP contribution in [0.2, 0.25) is 0 Å². The Balaban J connectivity index is 3.96. The molecule has 1 amide bonds. The molecule has 16 heavy (non-hydrogen) atoms. The van der Waals surface area contributed by atoms with Gasteiger partial charge in [0.05, 0.1) is 0 Å². The molecule has 0 aliphatic heterocycles. The number of esters is 1. The standard InChI is InChI=1S/C11H19NO4/c1-5-9(16-10(13)8(3)4)7-15-11(14)12-6-2/h9H,3,5-7H2,1-2,4H3,(H,12,14). The summed E-state index contributed by atoms with van der Waals surface area (Å²) in [6.45, 7) is 9.24. The number of rotatable bonds is 6. The Morgan fingerprint density at radius 3 is 2.44 bits per heavy atom. The lowest BCUT2D eigenvalue weighted by atomic mass is 10.3. The second-order valence-corrected chi connectivity index (χ2v) is 3.34. The highest BCUT2D eigenvalue weighted by Crippen LogP contribution is 2.03. The van der Waals surface area contributed by atoms with Crippen molar-refractivity contribution in [3.8, 4) is 0 Å². The van der Waals surface area contributed by atoms with E-state index in [9.17, 15) is 9.59 Å². The van der Waals surface area contributed by atoms with Gasteiger partial charge in [0.15, 0.2) is 0 Å². The highest BCUT2D eigenvalue weighted by molar-refractivity contribution is 5.87. The molecule has 0 saturated heterocycles. The predicted molar refractivity (Wildman–Crippen MR) is 60.0 cm³/mol. The third-order valence-corrected chi connectivity index (χ3v) is 1.80. The van der Waals surface area contributed by atoms with E-state index in [4.69, 9.17) is 9.47 Å². The fourth-order valence-electron chi connectivity index (χ4n) is 0.851. The molecule has 0 aliphatic rings. The first-order chi connectivity index (χ1) is 7.51. The van der Waals surface area contributed by atoms with Crippen molar-refractivity contribution < 1.29 is 19.1 Å². The molecule has 5 nitrogen and oxygen atoms in total. The van der Waals surface area contributed by atoms with Gasteiger partial charge in [-0.2, -0.15) is 0 Å². The number of carbonyl (C=O) groups is 2. The molecular weight excluding hydrogens is 210 g/mol. The summed E-state index contributed by atoms with van der Waals surface area (Å²) in [6.07, 6.45) is -0.350. The lowest BCUT2D eigenvalue weighted by Gasteiger charge is -2.16. The van der Waals surface area contributed by atoms with Crippen LogP contribution in [0.15, 0.2) is 12.2 Å². The van der Waals surface area contributed by atoms with Crippen molar-refractivity contribution in [3.63, 3.8) is 0 Å². The Morgan fingerprint density at radius 2 is 2.00 bits per heavy atom. The maximum Gasteiger partial charge on any atom is 0.407 e. The van der Waals surface area contributed by atoms with Crippen LogP contribution in [0.4, 0.5) is 4.79 Å². The average Bonchev–Trinajstić information content (AvgIpc) is 2.24. The van der Waals surface area contributed by atoms with Crippen LogP contribution in [-0.4, -0.2) is 31.3 Å². The summed E-state index contributed by atoms with van der Waals surface area (Å²) < 4.78 is 9.91. The van der Waals surface area contributed by atoms with Gasteiger partial charge in [0, 0.05) is 12.1 Å². The van der Waals surface area contributed by atoms with E-state index in [0.717, 1.165) is 0 Å². The first-order valence-electron chi connectivity index (χ1n) is 5.28. The molecule has 0 spiro atoms. The van der Waals surface area contributed by atoms with Crippen LogP contribution in [0.1, 0.15) is 27.2 Å². The normalized spacial score (nSPS) is 11.4. The average molecular weight is 229 g/mol. The van der Waals surface area contributed by atoms with Gasteiger partial charge in [-0.15, -0.1) is 0 Å². The van der Waals surface area contributed by atoms with Gasteiger partial charge in [-0.1, -0.05) is 13.5 Å². The number of hydrogen-bond donors (Lipinski definition) is 1. The maximum absolute atomic E-state index is 11.2. The Bertz CT molecular complexity index is 263. The minimum absolute atomic E-state index is 0.0569. The molecule has 0 rings (SSSR count). The van der Waals surface area contributed by atoms with E-state index >= 15 is 0 Å².